The molecule has 0 aromatic rings. The van der Waals surface area contributed by atoms with E-state index >= 15 is 0 Å². The average molecular weight is 142 g/mol. The molecule has 0 bridgehead atoms. The van der Waals surface area contributed by atoms with E-state index in [2.05, 4.69) is 0 Å². The summed E-state index contributed by atoms with van der Waals surface area (Å²) in [5, 5.41) is 9.25. The Balaban J connectivity index is 2.60. The summed E-state index contributed by atoms with van der Waals surface area (Å²) in [5.41, 5.74) is 0. The van der Waals surface area contributed by atoms with Gasteiger partial charge >= 0.3 is 0 Å². The lowest BCUT2D eigenvalue weighted by Gasteiger charge is -2.27. The van der Waals surface area contributed by atoms with Crippen LogP contribution in [0.25, 0.3) is 0 Å². The number of ketones is 1. The first-order valence-electron chi connectivity index (χ1n) is 3.84. The summed E-state index contributed by atoms with van der Waals surface area (Å²) < 4.78 is 0. The zero-order valence-electron chi connectivity index (χ0n) is 6.50. The molecule has 0 heterocycles. The second kappa shape index (κ2) is 2.70. The summed E-state index contributed by atoms with van der Waals surface area (Å²) in [5.74, 6) is 0.251. The molecule has 0 spiro atoms. The molecule has 1 aliphatic rings. The van der Waals surface area contributed by atoms with Gasteiger partial charge in [0.05, 0.1) is 6.10 Å². The number of aliphatic hydroxyl groups excluding tert-OH is 1. The molecule has 1 rings (SSSR count). The molecular formula is C8H14O2. The van der Waals surface area contributed by atoms with Crippen LogP contribution in [0.3, 0.4) is 0 Å². The van der Waals surface area contributed by atoms with E-state index in [1.807, 2.05) is 13.8 Å². The fourth-order valence-electron chi connectivity index (χ4n) is 1.45. The first-order chi connectivity index (χ1) is 4.63. The molecule has 1 N–H and O–H groups in total. The van der Waals surface area contributed by atoms with Gasteiger partial charge in [0, 0.05) is 11.8 Å². The highest BCUT2D eigenvalue weighted by Gasteiger charge is 2.31. The minimum absolute atomic E-state index is 0.135. The lowest BCUT2D eigenvalue weighted by molar-refractivity contribution is -0.132. The van der Waals surface area contributed by atoms with Crippen LogP contribution in [0.15, 0.2) is 0 Å². The quantitative estimate of drug-likeness (QED) is 0.547. The van der Waals surface area contributed by atoms with Gasteiger partial charge in [-0.25, -0.2) is 0 Å². The normalized spacial score (nSPS) is 41.9. The Labute approximate surface area is 61.2 Å². The third-order valence-electron chi connectivity index (χ3n) is 2.41. The molecule has 10 heavy (non-hydrogen) atoms. The Hall–Kier alpha value is -0.370. The zero-order valence-corrected chi connectivity index (χ0v) is 6.50. The summed E-state index contributed by atoms with van der Waals surface area (Å²) in [7, 11) is 0. The molecule has 0 aliphatic heterocycles. The van der Waals surface area contributed by atoms with Gasteiger partial charge in [-0.1, -0.05) is 13.8 Å². The molecule has 58 valence electrons. The van der Waals surface area contributed by atoms with Gasteiger partial charge in [0.15, 0.2) is 0 Å². The molecule has 3 unspecified atom stereocenters. The van der Waals surface area contributed by atoms with Crippen molar-refractivity contribution in [3.63, 3.8) is 0 Å². The highest BCUT2D eigenvalue weighted by Crippen LogP contribution is 2.24. The first-order valence-corrected chi connectivity index (χ1v) is 3.84. The fraction of sp³-hybridized carbons (Fsp3) is 0.875. The number of hydrogen-bond donors (Lipinski definition) is 1. The summed E-state index contributed by atoms with van der Waals surface area (Å²) >= 11 is 0. The summed E-state index contributed by atoms with van der Waals surface area (Å²) in [6, 6.07) is 0. The van der Waals surface area contributed by atoms with Crippen LogP contribution in [0, 0.1) is 11.8 Å². The minimum Gasteiger partial charge on any atom is -0.392 e. The standard InChI is InChI=1S/C8H14O2/c1-5-3-4-7(9)6(2)8(5)10/h5-7,9H,3-4H2,1-2H3. The predicted molar refractivity (Wildman–Crippen MR) is 38.6 cm³/mol. The predicted octanol–water partition coefficient (Wildman–Crippen LogP) is 0.982. The smallest absolute Gasteiger partial charge is 0.141 e. The van der Waals surface area contributed by atoms with Gasteiger partial charge < -0.3 is 5.11 Å². The molecule has 1 saturated carbocycles. The van der Waals surface area contributed by atoms with Crippen molar-refractivity contribution in [3.05, 3.63) is 0 Å². The molecular weight excluding hydrogens is 128 g/mol. The van der Waals surface area contributed by atoms with Crippen molar-refractivity contribution in [2.75, 3.05) is 0 Å². The maximum absolute atomic E-state index is 11.2. The Bertz CT molecular complexity index is 142. The summed E-state index contributed by atoms with van der Waals surface area (Å²) in [6.45, 7) is 3.74. The SMILES string of the molecule is CC1CCC(O)C(C)C1=O. The molecule has 2 heteroatoms. The van der Waals surface area contributed by atoms with Gasteiger partial charge in [-0.2, -0.15) is 0 Å². The lowest BCUT2D eigenvalue weighted by Crippen LogP contribution is -2.35. The first kappa shape index (κ1) is 7.73. The number of hydrogen-bond acceptors (Lipinski definition) is 2. The maximum Gasteiger partial charge on any atom is 0.141 e. The van der Waals surface area contributed by atoms with Crippen LogP contribution in [-0.2, 0) is 4.79 Å². The fourth-order valence-corrected chi connectivity index (χ4v) is 1.45. The van der Waals surface area contributed by atoms with Gasteiger partial charge in [0.25, 0.3) is 0 Å². The Kier molecular flexibility index (Phi) is 2.09. The highest BCUT2D eigenvalue weighted by molar-refractivity contribution is 5.84. The third-order valence-corrected chi connectivity index (χ3v) is 2.41. The van der Waals surface area contributed by atoms with Gasteiger partial charge in [0.1, 0.15) is 5.78 Å². The largest absolute Gasteiger partial charge is 0.392 e. The maximum atomic E-state index is 11.2. The number of Topliss-reactive ketones (excluding diaryl/α,β-unsaturated/α-hetero) is 1. The number of rotatable bonds is 0. The van der Waals surface area contributed by atoms with Gasteiger partial charge in [-0.15, -0.1) is 0 Å². The van der Waals surface area contributed by atoms with Crippen LogP contribution in [0.4, 0.5) is 0 Å². The second-order valence-electron chi connectivity index (χ2n) is 3.24. The Morgan fingerprint density at radius 1 is 1.40 bits per heavy atom. The van der Waals surface area contributed by atoms with E-state index in [-0.39, 0.29) is 23.7 Å². The van der Waals surface area contributed by atoms with Crippen molar-refractivity contribution >= 4 is 5.78 Å². The van der Waals surface area contributed by atoms with Gasteiger partial charge in [-0.05, 0) is 12.8 Å². The molecule has 1 aliphatic carbocycles. The average Bonchev–Trinajstić information content (AvgIpc) is 1.93. The van der Waals surface area contributed by atoms with Gasteiger partial charge in [0.2, 0.25) is 0 Å². The van der Waals surface area contributed by atoms with Crippen molar-refractivity contribution in [2.45, 2.75) is 32.8 Å². The lowest BCUT2D eigenvalue weighted by atomic mass is 9.80. The topological polar surface area (TPSA) is 37.3 Å². The molecule has 0 aromatic carbocycles. The van der Waals surface area contributed by atoms with E-state index in [1.165, 1.54) is 0 Å². The van der Waals surface area contributed by atoms with E-state index in [0.29, 0.717) is 0 Å². The molecule has 0 amide bonds. The monoisotopic (exact) mass is 142 g/mol. The van der Waals surface area contributed by atoms with Crippen molar-refractivity contribution in [2.24, 2.45) is 11.8 Å². The van der Waals surface area contributed by atoms with Crippen molar-refractivity contribution in [1.82, 2.24) is 0 Å². The van der Waals surface area contributed by atoms with Crippen LogP contribution in [0.5, 0.6) is 0 Å². The number of carbonyl (C=O) groups excluding carboxylic acids is 1. The molecule has 1 fully saturated rings. The van der Waals surface area contributed by atoms with E-state index in [4.69, 9.17) is 0 Å². The van der Waals surface area contributed by atoms with E-state index in [1.54, 1.807) is 0 Å². The number of carbonyl (C=O) groups is 1. The third kappa shape index (κ3) is 1.21. The zero-order chi connectivity index (χ0) is 7.72. The second-order valence-corrected chi connectivity index (χ2v) is 3.24. The van der Waals surface area contributed by atoms with Crippen molar-refractivity contribution < 1.29 is 9.90 Å². The van der Waals surface area contributed by atoms with Crippen molar-refractivity contribution in [3.8, 4) is 0 Å². The molecule has 0 saturated heterocycles. The molecule has 2 nitrogen and oxygen atoms in total. The molecule has 0 aromatic heterocycles. The van der Waals surface area contributed by atoms with Crippen LogP contribution in [0.2, 0.25) is 0 Å². The van der Waals surface area contributed by atoms with E-state index < -0.39 is 0 Å². The summed E-state index contributed by atoms with van der Waals surface area (Å²) in [4.78, 5) is 11.2. The van der Waals surface area contributed by atoms with Crippen LogP contribution >= 0.6 is 0 Å². The Morgan fingerprint density at radius 2 is 2.00 bits per heavy atom. The summed E-state index contributed by atoms with van der Waals surface area (Å²) in [6.07, 6.45) is 1.25. The van der Waals surface area contributed by atoms with Crippen LogP contribution < -0.4 is 0 Å². The number of aliphatic hydroxyl groups is 1. The van der Waals surface area contributed by atoms with Gasteiger partial charge in [-0.3, -0.25) is 4.79 Å². The highest BCUT2D eigenvalue weighted by atomic mass is 16.3. The Morgan fingerprint density at radius 3 is 2.50 bits per heavy atom. The van der Waals surface area contributed by atoms with Crippen molar-refractivity contribution in [1.29, 1.82) is 0 Å². The minimum atomic E-state index is -0.385. The van der Waals surface area contributed by atoms with E-state index in [0.717, 1.165) is 12.8 Å². The molecule has 0 radical (unpaired) electrons. The molecule has 3 atom stereocenters. The van der Waals surface area contributed by atoms with Crippen LogP contribution in [0.1, 0.15) is 26.7 Å². The van der Waals surface area contributed by atoms with Crippen LogP contribution in [-0.4, -0.2) is 17.0 Å². The van der Waals surface area contributed by atoms with E-state index in [9.17, 15) is 9.90 Å².